The molecule has 1 aliphatic rings. The molecule has 0 N–H and O–H groups in total. The van der Waals surface area contributed by atoms with Crippen molar-refractivity contribution in [2.75, 3.05) is 18.8 Å². The van der Waals surface area contributed by atoms with Crippen LogP contribution in [0, 0.1) is 5.92 Å². The highest BCUT2D eigenvalue weighted by Crippen LogP contribution is 2.22. The van der Waals surface area contributed by atoms with Crippen molar-refractivity contribution in [2.45, 2.75) is 46.5 Å². The zero-order valence-corrected chi connectivity index (χ0v) is 12.2. The predicted molar refractivity (Wildman–Crippen MR) is 76.1 cm³/mol. The minimum atomic E-state index is 0.250. The summed E-state index contributed by atoms with van der Waals surface area (Å²) < 4.78 is 0. The molecular weight excluding hydrogens is 230 g/mol. The summed E-state index contributed by atoms with van der Waals surface area (Å²) in [5.74, 6) is 1.97. The van der Waals surface area contributed by atoms with Crippen LogP contribution in [0.15, 0.2) is 11.0 Å². The molecule has 0 aromatic carbocycles. The molecule has 0 aliphatic carbocycles. The third kappa shape index (κ3) is 5.15. The highest BCUT2D eigenvalue weighted by molar-refractivity contribution is 8.02. The van der Waals surface area contributed by atoms with Crippen molar-refractivity contribution >= 4 is 17.7 Å². The quantitative estimate of drug-likeness (QED) is 0.374. The van der Waals surface area contributed by atoms with Crippen LogP contribution in [0.1, 0.15) is 46.5 Å². The Morgan fingerprint density at radius 2 is 2.12 bits per heavy atom. The van der Waals surface area contributed by atoms with Crippen molar-refractivity contribution in [3.63, 3.8) is 0 Å². The molecule has 98 valence electrons. The van der Waals surface area contributed by atoms with Crippen molar-refractivity contribution in [3.05, 3.63) is 11.0 Å². The normalized spacial score (nSPS) is 18.0. The maximum atomic E-state index is 11.7. The van der Waals surface area contributed by atoms with Crippen LogP contribution >= 0.6 is 11.8 Å². The van der Waals surface area contributed by atoms with Gasteiger partial charge >= 0.3 is 0 Å². The summed E-state index contributed by atoms with van der Waals surface area (Å²) in [4.78, 5) is 13.6. The standard InChI is InChI=1S/C14H25NOS/c1-4-5-6-7-8-17-11-13-10-15(14(13)16)9-12(2)3/h11-12H,4-10H2,1-3H3/b13-11-. The van der Waals surface area contributed by atoms with Gasteiger partial charge in [0.25, 0.3) is 5.91 Å². The topological polar surface area (TPSA) is 20.3 Å². The van der Waals surface area contributed by atoms with Gasteiger partial charge in [-0.25, -0.2) is 0 Å². The van der Waals surface area contributed by atoms with Crippen LogP contribution in [-0.4, -0.2) is 29.6 Å². The number of likely N-dealkylation sites (tertiary alicyclic amines) is 1. The van der Waals surface area contributed by atoms with Gasteiger partial charge in [-0.15, -0.1) is 11.8 Å². The van der Waals surface area contributed by atoms with Crippen LogP contribution in [0.5, 0.6) is 0 Å². The summed E-state index contributed by atoms with van der Waals surface area (Å²) in [5.41, 5.74) is 1.01. The predicted octanol–water partition coefficient (Wildman–Crippen LogP) is 3.68. The van der Waals surface area contributed by atoms with Gasteiger partial charge < -0.3 is 4.90 Å². The molecule has 1 fully saturated rings. The number of unbranched alkanes of at least 4 members (excludes halogenated alkanes) is 3. The molecule has 1 saturated heterocycles. The molecule has 1 rings (SSSR count). The number of nitrogens with zero attached hydrogens (tertiary/aromatic N) is 1. The molecule has 0 radical (unpaired) electrons. The molecule has 0 unspecified atom stereocenters. The highest BCUT2D eigenvalue weighted by Gasteiger charge is 2.30. The lowest BCUT2D eigenvalue weighted by molar-refractivity contribution is -0.133. The molecular formula is C14H25NOS. The van der Waals surface area contributed by atoms with Gasteiger partial charge in [0, 0.05) is 12.1 Å². The van der Waals surface area contributed by atoms with Crippen molar-refractivity contribution in [3.8, 4) is 0 Å². The van der Waals surface area contributed by atoms with Gasteiger partial charge in [0.1, 0.15) is 0 Å². The van der Waals surface area contributed by atoms with E-state index in [1.807, 2.05) is 4.90 Å². The first kappa shape index (κ1) is 14.6. The maximum absolute atomic E-state index is 11.7. The smallest absolute Gasteiger partial charge is 0.252 e. The number of hydrogen-bond donors (Lipinski definition) is 0. The molecule has 1 heterocycles. The maximum Gasteiger partial charge on any atom is 0.252 e. The number of amides is 1. The van der Waals surface area contributed by atoms with Crippen molar-refractivity contribution < 1.29 is 4.79 Å². The Morgan fingerprint density at radius 3 is 2.71 bits per heavy atom. The molecule has 0 atom stereocenters. The fraction of sp³-hybridized carbons (Fsp3) is 0.786. The third-order valence-electron chi connectivity index (χ3n) is 2.85. The summed E-state index contributed by atoms with van der Waals surface area (Å²) in [6.07, 6.45) is 5.21. The molecule has 0 aromatic heterocycles. The molecule has 0 bridgehead atoms. The molecule has 1 amide bonds. The highest BCUT2D eigenvalue weighted by atomic mass is 32.2. The molecule has 0 spiro atoms. The van der Waals surface area contributed by atoms with E-state index in [0.717, 1.165) is 24.4 Å². The lowest BCUT2D eigenvalue weighted by Crippen LogP contribution is -2.47. The van der Waals surface area contributed by atoms with E-state index in [1.54, 1.807) is 11.8 Å². The van der Waals surface area contributed by atoms with E-state index in [1.165, 1.54) is 25.7 Å². The number of hydrogen-bond acceptors (Lipinski definition) is 2. The average Bonchev–Trinajstić information content (AvgIpc) is 2.30. The Hall–Kier alpha value is -0.440. The summed E-state index contributed by atoms with van der Waals surface area (Å²) in [5, 5.41) is 2.07. The second-order valence-corrected chi connectivity index (χ2v) is 6.13. The van der Waals surface area contributed by atoms with Crippen LogP contribution in [0.4, 0.5) is 0 Å². The Bertz CT molecular complexity index is 273. The van der Waals surface area contributed by atoms with Gasteiger partial charge in [0.05, 0.1) is 6.54 Å². The van der Waals surface area contributed by atoms with E-state index in [2.05, 4.69) is 26.2 Å². The fourth-order valence-electron chi connectivity index (χ4n) is 1.90. The van der Waals surface area contributed by atoms with Crippen LogP contribution in [0.3, 0.4) is 0 Å². The zero-order valence-electron chi connectivity index (χ0n) is 11.4. The molecule has 2 nitrogen and oxygen atoms in total. The third-order valence-corrected chi connectivity index (χ3v) is 3.83. The first-order chi connectivity index (χ1) is 8.15. The second kappa shape index (κ2) is 7.80. The van der Waals surface area contributed by atoms with Crippen molar-refractivity contribution in [1.29, 1.82) is 0 Å². The zero-order chi connectivity index (χ0) is 12.7. The minimum Gasteiger partial charge on any atom is -0.334 e. The number of carbonyl (C=O) groups is 1. The van der Waals surface area contributed by atoms with Gasteiger partial charge in [-0.05, 0) is 23.5 Å². The number of thioether (sulfide) groups is 1. The molecule has 17 heavy (non-hydrogen) atoms. The van der Waals surface area contributed by atoms with Crippen LogP contribution in [0.25, 0.3) is 0 Å². The van der Waals surface area contributed by atoms with Crippen molar-refractivity contribution in [1.82, 2.24) is 4.90 Å². The Kier molecular flexibility index (Phi) is 6.71. The molecule has 0 aromatic rings. The first-order valence-corrected chi connectivity index (χ1v) is 7.80. The average molecular weight is 255 g/mol. The van der Waals surface area contributed by atoms with E-state index in [9.17, 15) is 4.79 Å². The van der Waals surface area contributed by atoms with Gasteiger partial charge in [-0.3, -0.25) is 4.79 Å². The van der Waals surface area contributed by atoms with Crippen LogP contribution in [-0.2, 0) is 4.79 Å². The molecule has 0 saturated carbocycles. The van der Waals surface area contributed by atoms with Crippen LogP contribution in [0.2, 0.25) is 0 Å². The second-order valence-electron chi connectivity index (χ2n) is 5.15. The summed E-state index contributed by atoms with van der Waals surface area (Å²) in [6.45, 7) is 8.29. The number of carbonyl (C=O) groups excluding carboxylic acids is 1. The van der Waals surface area contributed by atoms with E-state index in [-0.39, 0.29) is 5.91 Å². The largest absolute Gasteiger partial charge is 0.334 e. The molecule has 1 aliphatic heterocycles. The van der Waals surface area contributed by atoms with E-state index in [4.69, 9.17) is 0 Å². The Balaban J connectivity index is 2.10. The van der Waals surface area contributed by atoms with Gasteiger partial charge in [0.2, 0.25) is 0 Å². The lowest BCUT2D eigenvalue weighted by atomic mass is 10.1. The fourth-order valence-corrected chi connectivity index (χ4v) is 2.77. The molecule has 3 heteroatoms. The SMILES string of the molecule is CCCCCCS/C=C1/CN(CC(C)C)C1=O. The monoisotopic (exact) mass is 255 g/mol. The Morgan fingerprint density at radius 1 is 1.35 bits per heavy atom. The Labute approximate surface area is 110 Å². The van der Waals surface area contributed by atoms with Crippen molar-refractivity contribution in [2.24, 2.45) is 5.92 Å². The van der Waals surface area contributed by atoms with E-state index < -0.39 is 0 Å². The van der Waals surface area contributed by atoms with Gasteiger partial charge in [0.15, 0.2) is 0 Å². The lowest BCUT2D eigenvalue weighted by Gasteiger charge is -2.34. The van der Waals surface area contributed by atoms with E-state index in [0.29, 0.717) is 5.92 Å². The minimum absolute atomic E-state index is 0.250. The summed E-state index contributed by atoms with van der Waals surface area (Å²) in [7, 11) is 0. The number of β-lactam (4-membered cyclic amide) rings is 1. The summed E-state index contributed by atoms with van der Waals surface area (Å²) >= 11 is 1.80. The summed E-state index contributed by atoms with van der Waals surface area (Å²) in [6, 6.07) is 0. The van der Waals surface area contributed by atoms with Gasteiger partial charge in [-0.2, -0.15) is 0 Å². The van der Waals surface area contributed by atoms with E-state index >= 15 is 0 Å². The first-order valence-electron chi connectivity index (χ1n) is 6.75. The number of rotatable bonds is 8. The van der Waals surface area contributed by atoms with Gasteiger partial charge in [-0.1, -0.05) is 40.0 Å². The van der Waals surface area contributed by atoms with Crippen LogP contribution < -0.4 is 0 Å².